The van der Waals surface area contributed by atoms with Gasteiger partial charge in [-0.1, -0.05) is 41.9 Å². The summed E-state index contributed by atoms with van der Waals surface area (Å²) in [5.74, 6) is -0.720. The molecule has 3 rings (SSSR count). The van der Waals surface area contributed by atoms with Crippen LogP contribution >= 0.6 is 11.6 Å². The average molecular weight is 430 g/mol. The van der Waals surface area contributed by atoms with Crippen LogP contribution in [0.4, 0.5) is 4.39 Å². The molecule has 2 aromatic rings. The van der Waals surface area contributed by atoms with E-state index in [1.54, 1.807) is 36.4 Å². The van der Waals surface area contributed by atoms with E-state index in [1.165, 1.54) is 25.4 Å². The Morgan fingerprint density at radius 3 is 2.70 bits per heavy atom. The first-order valence-electron chi connectivity index (χ1n) is 9.51. The van der Waals surface area contributed by atoms with Gasteiger partial charge in [0, 0.05) is 11.1 Å². The Hall–Kier alpha value is -2.67. The lowest BCUT2D eigenvalue weighted by Crippen LogP contribution is -2.37. The Morgan fingerprint density at radius 2 is 2.03 bits per heavy atom. The van der Waals surface area contributed by atoms with Crippen LogP contribution in [0.2, 0.25) is 0 Å². The number of aliphatic hydroxyl groups is 1. The first-order chi connectivity index (χ1) is 14.4. The second-order valence-corrected chi connectivity index (χ2v) is 7.50. The molecule has 0 radical (unpaired) electrons. The van der Waals surface area contributed by atoms with Gasteiger partial charge in [-0.25, -0.2) is 9.18 Å². The molecule has 2 N–H and O–H groups in total. The highest BCUT2D eigenvalue weighted by molar-refractivity contribution is 6.31. The summed E-state index contributed by atoms with van der Waals surface area (Å²) in [6.07, 6.45) is 2.65. The molecule has 0 bridgehead atoms. The van der Waals surface area contributed by atoms with Gasteiger partial charge in [-0.05, 0) is 60.4 Å². The maximum Gasteiger partial charge on any atom is 0.337 e. The molecular weight excluding hydrogens is 407 g/mol. The molecule has 0 aromatic heterocycles. The number of allylic oxidation sites excluding steroid dienone is 2. The zero-order chi connectivity index (χ0) is 21.7. The minimum absolute atomic E-state index is 0.216. The minimum atomic E-state index is -1.01. The number of nitrogens with zero attached hydrogens (tertiary/aromatic N) is 1. The lowest BCUT2D eigenvalue weighted by atomic mass is 9.95. The van der Waals surface area contributed by atoms with E-state index < -0.39 is 12.2 Å². The normalized spacial score (nSPS) is 18.0. The predicted octanol–water partition coefficient (Wildman–Crippen LogP) is 4.59. The van der Waals surface area contributed by atoms with Crippen molar-refractivity contribution >= 4 is 17.6 Å². The van der Waals surface area contributed by atoms with Crippen LogP contribution in [0.15, 0.2) is 71.4 Å². The van der Waals surface area contributed by atoms with Crippen molar-refractivity contribution in [1.29, 1.82) is 0 Å². The van der Waals surface area contributed by atoms with Crippen LogP contribution in [-0.4, -0.2) is 30.5 Å². The largest absolute Gasteiger partial charge is 0.683 e. The number of hydrogen-bond acceptors (Lipinski definition) is 4. The molecule has 0 amide bonds. The van der Waals surface area contributed by atoms with E-state index in [1.807, 2.05) is 13.0 Å². The fourth-order valence-electron chi connectivity index (χ4n) is 3.31. The van der Waals surface area contributed by atoms with E-state index in [9.17, 15) is 14.3 Å². The summed E-state index contributed by atoms with van der Waals surface area (Å²) in [5.41, 5.74) is 2.72. The monoisotopic (exact) mass is 429 g/mol. The molecule has 1 aliphatic heterocycles. The molecular formula is C23H23ClFN2O3-. The maximum atomic E-state index is 13.5. The van der Waals surface area contributed by atoms with Crippen LogP contribution in [0.25, 0.3) is 5.32 Å². The Balaban J connectivity index is 1.71. The highest BCUT2D eigenvalue weighted by Crippen LogP contribution is 2.29. The quantitative estimate of drug-likeness (QED) is 0.499. The smallest absolute Gasteiger partial charge is 0.337 e. The SMILES string of the molecule is COC(=O)c1ccc([C@H](C)NC(O)C2=CC(Cl)=C[N-]C2Cc2cccc(F)c2)cc1. The first-order valence-corrected chi connectivity index (χ1v) is 9.89. The van der Waals surface area contributed by atoms with Crippen molar-refractivity contribution in [2.45, 2.75) is 31.7 Å². The molecule has 158 valence electrons. The van der Waals surface area contributed by atoms with Gasteiger partial charge in [0.15, 0.2) is 0 Å². The van der Waals surface area contributed by atoms with Crippen LogP contribution in [0.3, 0.4) is 0 Å². The maximum absolute atomic E-state index is 13.5. The van der Waals surface area contributed by atoms with Crippen molar-refractivity contribution in [1.82, 2.24) is 5.32 Å². The van der Waals surface area contributed by atoms with E-state index >= 15 is 0 Å². The molecule has 0 fully saturated rings. The number of carbonyl (C=O) groups excluding carboxylic acids is 1. The van der Waals surface area contributed by atoms with Crippen LogP contribution in [0, 0.1) is 5.82 Å². The van der Waals surface area contributed by atoms with Crippen molar-refractivity contribution in [2.24, 2.45) is 0 Å². The number of hydrogen-bond donors (Lipinski definition) is 2. The summed E-state index contributed by atoms with van der Waals surface area (Å²) >= 11 is 6.11. The zero-order valence-electron chi connectivity index (χ0n) is 16.7. The van der Waals surface area contributed by atoms with E-state index in [4.69, 9.17) is 16.3 Å². The van der Waals surface area contributed by atoms with Gasteiger partial charge in [-0.2, -0.15) is 6.20 Å². The van der Waals surface area contributed by atoms with E-state index in [0.717, 1.165) is 11.1 Å². The first kappa shape index (κ1) is 22.0. The summed E-state index contributed by atoms with van der Waals surface area (Å²) in [4.78, 5) is 11.6. The molecule has 5 nitrogen and oxygen atoms in total. The van der Waals surface area contributed by atoms with E-state index in [-0.39, 0.29) is 17.9 Å². The summed E-state index contributed by atoms with van der Waals surface area (Å²) < 4.78 is 18.2. The molecule has 0 spiro atoms. The van der Waals surface area contributed by atoms with Crippen molar-refractivity contribution in [3.05, 3.63) is 99.2 Å². The van der Waals surface area contributed by atoms with Crippen molar-refractivity contribution < 1.29 is 19.0 Å². The average Bonchev–Trinajstić information content (AvgIpc) is 2.74. The lowest BCUT2D eigenvalue weighted by molar-refractivity contribution is 0.0600. The molecule has 3 atom stereocenters. The van der Waals surface area contributed by atoms with Gasteiger partial charge in [0.1, 0.15) is 12.0 Å². The standard InChI is InChI=1S/C23H23ClFN2O3/c1-14(16-6-8-17(9-7-16)23(29)30-2)27-22(28)20-12-18(24)13-26-21(20)11-15-4-3-5-19(25)10-15/h3-10,12-14,21-22,27-28H,11H2,1-2H3/q-1/t14-,21?,22?/m0/s1. The van der Waals surface area contributed by atoms with Gasteiger partial charge in [-0.3, -0.25) is 5.32 Å². The van der Waals surface area contributed by atoms with Gasteiger partial charge in [0.2, 0.25) is 0 Å². The Labute approximate surface area is 180 Å². The van der Waals surface area contributed by atoms with Gasteiger partial charge < -0.3 is 15.2 Å². The Morgan fingerprint density at radius 1 is 1.30 bits per heavy atom. The number of aliphatic hydroxyl groups excluding tert-OH is 1. The highest BCUT2D eigenvalue weighted by atomic mass is 35.5. The molecule has 0 saturated carbocycles. The summed E-state index contributed by atoms with van der Waals surface area (Å²) in [5, 5.41) is 18.8. The van der Waals surface area contributed by atoms with Crippen LogP contribution in [0.5, 0.6) is 0 Å². The molecule has 2 unspecified atom stereocenters. The summed E-state index contributed by atoms with van der Waals surface area (Å²) in [6, 6.07) is 12.7. The molecule has 1 aliphatic rings. The number of ether oxygens (including phenoxy) is 1. The van der Waals surface area contributed by atoms with Crippen LogP contribution in [0.1, 0.15) is 34.5 Å². The Bertz CT molecular complexity index is 959. The number of rotatable bonds is 7. The molecule has 30 heavy (non-hydrogen) atoms. The molecule has 7 heteroatoms. The fraction of sp³-hybridized carbons (Fsp3) is 0.261. The van der Waals surface area contributed by atoms with E-state index in [2.05, 4.69) is 10.6 Å². The number of benzene rings is 2. The van der Waals surface area contributed by atoms with Gasteiger partial charge in [0.25, 0.3) is 0 Å². The highest BCUT2D eigenvalue weighted by Gasteiger charge is 2.20. The number of methoxy groups -OCH3 is 1. The van der Waals surface area contributed by atoms with E-state index in [0.29, 0.717) is 22.6 Å². The predicted molar refractivity (Wildman–Crippen MR) is 115 cm³/mol. The number of halogens is 2. The van der Waals surface area contributed by atoms with Crippen LogP contribution in [-0.2, 0) is 11.2 Å². The summed E-state index contributed by atoms with van der Waals surface area (Å²) in [7, 11) is 1.33. The molecule has 0 aliphatic carbocycles. The molecule has 1 heterocycles. The topological polar surface area (TPSA) is 72.7 Å². The minimum Gasteiger partial charge on any atom is -0.683 e. The fourth-order valence-corrected chi connectivity index (χ4v) is 3.50. The molecule has 0 saturated heterocycles. The van der Waals surface area contributed by atoms with Gasteiger partial charge in [0.05, 0.1) is 12.7 Å². The second kappa shape index (κ2) is 9.89. The third kappa shape index (κ3) is 5.48. The Kier molecular flexibility index (Phi) is 7.26. The van der Waals surface area contributed by atoms with Crippen molar-refractivity contribution in [2.75, 3.05) is 7.11 Å². The third-order valence-electron chi connectivity index (χ3n) is 4.94. The number of carbonyl (C=O) groups is 1. The summed E-state index contributed by atoms with van der Waals surface area (Å²) in [6.45, 7) is 1.90. The second-order valence-electron chi connectivity index (χ2n) is 7.06. The van der Waals surface area contributed by atoms with Crippen molar-refractivity contribution in [3.63, 3.8) is 0 Å². The van der Waals surface area contributed by atoms with Crippen molar-refractivity contribution in [3.8, 4) is 0 Å². The zero-order valence-corrected chi connectivity index (χ0v) is 17.4. The number of esters is 1. The third-order valence-corrected chi connectivity index (χ3v) is 5.15. The lowest BCUT2D eigenvalue weighted by Gasteiger charge is -2.39. The van der Waals surface area contributed by atoms with Gasteiger partial charge >= 0.3 is 5.97 Å². The number of nitrogens with one attached hydrogen (secondary N) is 1. The molecule has 2 aromatic carbocycles. The van der Waals surface area contributed by atoms with Gasteiger partial charge in [-0.15, -0.1) is 0 Å². The van der Waals surface area contributed by atoms with Crippen LogP contribution < -0.4 is 5.32 Å².